The molecule has 5 nitrogen and oxygen atoms in total. The number of fused-ring (bicyclic) bond motifs is 3. The van der Waals surface area contributed by atoms with Crippen LogP contribution in [0.4, 0.5) is 8.78 Å². The zero-order valence-corrected chi connectivity index (χ0v) is 18.8. The quantitative estimate of drug-likeness (QED) is 0.605. The number of aliphatic hydroxyl groups is 1. The Labute approximate surface area is 181 Å². The Morgan fingerprint density at radius 3 is 2.00 bits per heavy atom. The van der Waals surface area contributed by atoms with Crippen LogP contribution in [0.15, 0.2) is 36.4 Å². The van der Waals surface area contributed by atoms with Gasteiger partial charge in [-0.2, -0.15) is 4.31 Å². The lowest BCUT2D eigenvalue weighted by Crippen LogP contribution is -2.54. The van der Waals surface area contributed by atoms with E-state index in [2.05, 4.69) is 0 Å². The van der Waals surface area contributed by atoms with E-state index in [1.807, 2.05) is 6.92 Å². The molecular weight excluding hydrogens is 422 g/mol. The smallest absolute Gasteiger partial charge is 0.211 e. The summed E-state index contributed by atoms with van der Waals surface area (Å²) in [5, 5.41) is 12.4. The zero-order chi connectivity index (χ0) is 22.6. The van der Waals surface area contributed by atoms with Crippen LogP contribution in [0.5, 0.6) is 0 Å². The van der Waals surface area contributed by atoms with Crippen molar-refractivity contribution in [3.63, 3.8) is 0 Å². The van der Waals surface area contributed by atoms with Crippen LogP contribution < -0.4 is 0 Å². The minimum atomic E-state index is -3.55. The first kappa shape index (κ1) is 22.2. The lowest BCUT2D eigenvalue weighted by Gasteiger charge is -2.40. The van der Waals surface area contributed by atoms with Crippen molar-refractivity contribution in [3.8, 4) is 0 Å². The Bertz CT molecular complexity index is 1190. The van der Waals surface area contributed by atoms with Crippen LogP contribution in [0.2, 0.25) is 0 Å². The topological polar surface area (TPSA) is 62.5 Å². The maximum atomic E-state index is 13.9. The third-order valence-electron chi connectivity index (χ3n) is 6.46. The SMILES string of the molecule is CC(O)(CN(C1(C)CCCC1)S(C)(=O)=O)Cn1c2ccc(F)cc2c2cc(F)ccc21. The maximum Gasteiger partial charge on any atom is 0.211 e. The highest BCUT2D eigenvalue weighted by molar-refractivity contribution is 7.88. The number of halogens is 2. The number of sulfonamides is 1. The zero-order valence-electron chi connectivity index (χ0n) is 18.0. The molecule has 1 unspecified atom stereocenters. The first-order valence-corrected chi connectivity index (χ1v) is 12.3. The average Bonchev–Trinajstić information content (AvgIpc) is 3.22. The number of β-amino-alcohol motifs (C(OH)–C–C–N with tert-alkyl or cyclic N) is 1. The second-order valence-corrected chi connectivity index (χ2v) is 11.3. The van der Waals surface area contributed by atoms with Crippen LogP contribution in [0.1, 0.15) is 39.5 Å². The lowest BCUT2D eigenvalue weighted by molar-refractivity contribution is 0.00672. The molecule has 0 aliphatic heterocycles. The fraction of sp³-hybridized carbons (Fsp3) is 0.478. The van der Waals surface area contributed by atoms with E-state index in [0.29, 0.717) is 21.8 Å². The number of aromatic nitrogens is 1. The van der Waals surface area contributed by atoms with Crippen molar-refractivity contribution >= 4 is 31.8 Å². The van der Waals surface area contributed by atoms with Gasteiger partial charge in [0.2, 0.25) is 10.0 Å². The summed E-state index contributed by atoms with van der Waals surface area (Å²) in [6.07, 6.45) is 4.59. The summed E-state index contributed by atoms with van der Waals surface area (Å²) in [5.41, 5.74) is -0.624. The third-order valence-corrected chi connectivity index (χ3v) is 7.83. The Morgan fingerprint density at radius 2 is 1.55 bits per heavy atom. The Hall–Kier alpha value is -2.03. The van der Waals surface area contributed by atoms with Gasteiger partial charge in [0, 0.05) is 33.9 Å². The van der Waals surface area contributed by atoms with Gasteiger partial charge >= 0.3 is 0 Å². The summed E-state index contributed by atoms with van der Waals surface area (Å²) in [6.45, 7) is 3.55. The van der Waals surface area contributed by atoms with Crippen molar-refractivity contribution in [1.82, 2.24) is 8.87 Å². The molecule has 1 aromatic heterocycles. The highest BCUT2D eigenvalue weighted by Crippen LogP contribution is 2.38. The molecule has 0 amide bonds. The Kier molecular flexibility index (Phi) is 5.39. The molecule has 1 N–H and O–H groups in total. The standard InChI is InChI=1S/C23H28F2N2O3S/c1-22(10-4-5-11-22)27(31(3,29)30)15-23(2,28)14-26-20-8-6-16(24)12-18(20)19-13-17(25)7-9-21(19)26/h6-9,12-13,28H,4-5,10-11,14-15H2,1-3H3. The lowest BCUT2D eigenvalue weighted by atomic mass is 9.98. The highest BCUT2D eigenvalue weighted by Gasteiger charge is 2.43. The molecule has 0 saturated heterocycles. The van der Waals surface area contributed by atoms with E-state index in [0.717, 1.165) is 25.7 Å². The van der Waals surface area contributed by atoms with E-state index in [-0.39, 0.29) is 13.1 Å². The molecule has 1 atom stereocenters. The molecule has 0 bridgehead atoms. The Balaban J connectivity index is 1.77. The third kappa shape index (κ3) is 4.21. The van der Waals surface area contributed by atoms with Crippen LogP contribution >= 0.6 is 0 Å². The number of hydrogen-bond acceptors (Lipinski definition) is 3. The van der Waals surface area contributed by atoms with Gasteiger partial charge in [-0.15, -0.1) is 0 Å². The van der Waals surface area contributed by atoms with E-state index in [1.54, 1.807) is 23.6 Å². The van der Waals surface area contributed by atoms with Crippen molar-refractivity contribution in [2.24, 2.45) is 0 Å². The summed E-state index contributed by atoms with van der Waals surface area (Å²) < 4.78 is 56.3. The van der Waals surface area contributed by atoms with Gasteiger partial charge in [-0.05, 0) is 63.1 Å². The molecular formula is C23H28F2N2O3S. The number of rotatable bonds is 6. The first-order valence-electron chi connectivity index (χ1n) is 10.5. The van der Waals surface area contributed by atoms with E-state index >= 15 is 0 Å². The van der Waals surface area contributed by atoms with E-state index in [4.69, 9.17) is 0 Å². The van der Waals surface area contributed by atoms with Crippen LogP contribution in [-0.4, -0.2) is 46.3 Å². The van der Waals surface area contributed by atoms with E-state index in [1.165, 1.54) is 34.8 Å². The number of benzene rings is 2. The fourth-order valence-corrected chi connectivity index (χ4v) is 6.51. The predicted octanol–water partition coefficient (Wildman–Crippen LogP) is 4.42. The number of hydrogen-bond donors (Lipinski definition) is 1. The molecule has 8 heteroatoms. The van der Waals surface area contributed by atoms with Gasteiger partial charge in [-0.1, -0.05) is 12.8 Å². The van der Waals surface area contributed by atoms with Crippen molar-refractivity contribution < 1.29 is 22.3 Å². The van der Waals surface area contributed by atoms with Crippen molar-refractivity contribution in [2.45, 2.75) is 57.2 Å². The van der Waals surface area contributed by atoms with Gasteiger partial charge in [0.25, 0.3) is 0 Å². The minimum Gasteiger partial charge on any atom is -0.387 e. The monoisotopic (exact) mass is 450 g/mol. The molecule has 0 spiro atoms. The largest absolute Gasteiger partial charge is 0.387 e. The molecule has 2 aromatic carbocycles. The van der Waals surface area contributed by atoms with E-state index < -0.39 is 32.8 Å². The summed E-state index contributed by atoms with van der Waals surface area (Å²) in [7, 11) is -3.55. The molecule has 4 rings (SSSR count). The van der Waals surface area contributed by atoms with Gasteiger partial charge in [0.1, 0.15) is 11.6 Å². The maximum absolute atomic E-state index is 13.9. The van der Waals surface area contributed by atoms with Gasteiger partial charge in [0.05, 0.1) is 18.4 Å². The predicted molar refractivity (Wildman–Crippen MR) is 118 cm³/mol. The fourth-order valence-electron chi connectivity index (χ4n) is 5.01. The second kappa shape index (κ2) is 7.53. The highest BCUT2D eigenvalue weighted by atomic mass is 32.2. The summed E-state index contributed by atoms with van der Waals surface area (Å²) in [5.74, 6) is -0.861. The molecule has 1 saturated carbocycles. The average molecular weight is 451 g/mol. The molecule has 168 valence electrons. The minimum absolute atomic E-state index is 0.0636. The summed E-state index contributed by atoms with van der Waals surface area (Å²) >= 11 is 0. The molecule has 1 fully saturated rings. The number of nitrogens with zero attached hydrogens (tertiary/aromatic N) is 2. The van der Waals surface area contributed by atoms with Gasteiger partial charge in [-0.25, -0.2) is 17.2 Å². The Morgan fingerprint density at radius 1 is 1.06 bits per heavy atom. The van der Waals surface area contributed by atoms with Gasteiger partial charge in [0.15, 0.2) is 0 Å². The first-order chi connectivity index (χ1) is 14.4. The van der Waals surface area contributed by atoms with Crippen molar-refractivity contribution in [2.75, 3.05) is 12.8 Å². The molecule has 1 aliphatic rings. The van der Waals surface area contributed by atoms with Crippen LogP contribution in [-0.2, 0) is 16.6 Å². The van der Waals surface area contributed by atoms with Crippen LogP contribution in [0.3, 0.4) is 0 Å². The molecule has 1 heterocycles. The molecule has 0 radical (unpaired) electrons. The van der Waals surface area contributed by atoms with Gasteiger partial charge < -0.3 is 9.67 Å². The normalized spacial score (nSPS) is 18.8. The molecule has 1 aliphatic carbocycles. The van der Waals surface area contributed by atoms with Gasteiger partial charge in [-0.3, -0.25) is 0 Å². The summed E-state index contributed by atoms with van der Waals surface area (Å²) in [6, 6.07) is 8.56. The second-order valence-electron chi connectivity index (χ2n) is 9.38. The van der Waals surface area contributed by atoms with Crippen molar-refractivity contribution in [3.05, 3.63) is 48.0 Å². The summed E-state index contributed by atoms with van der Waals surface area (Å²) in [4.78, 5) is 0. The molecule has 31 heavy (non-hydrogen) atoms. The van der Waals surface area contributed by atoms with Crippen LogP contribution in [0, 0.1) is 11.6 Å². The van der Waals surface area contributed by atoms with Crippen molar-refractivity contribution in [1.29, 1.82) is 0 Å². The molecule has 3 aromatic rings. The van der Waals surface area contributed by atoms with Crippen LogP contribution in [0.25, 0.3) is 21.8 Å². The van der Waals surface area contributed by atoms with E-state index in [9.17, 15) is 22.3 Å².